The van der Waals surface area contributed by atoms with Gasteiger partial charge < -0.3 is 20.1 Å². The van der Waals surface area contributed by atoms with E-state index < -0.39 is 23.0 Å². The van der Waals surface area contributed by atoms with Crippen LogP contribution in [0.15, 0.2) is 35.5 Å². The number of esters is 2. The van der Waals surface area contributed by atoms with Crippen LogP contribution in [0.2, 0.25) is 0 Å². The van der Waals surface area contributed by atoms with Crippen molar-refractivity contribution < 1.29 is 28.8 Å². The fourth-order valence-corrected chi connectivity index (χ4v) is 4.04. The number of carbonyl (C=O) groups excluding carboxylic acids is 3. The van der Waals surface area contributed by atoms with Crippen molar-refractivity contribution >= 4 is 23.7 Å². The molecule has 33 heavy (non-hydrogen) atoms. The van der Waals surface area contributed by atoms with E-state index in [0.717, 1.165) is 0 Å². The maximum Gasteiger partial charge on any atom is 0.338 e. The van der Waals surface area contributed by atoms with Gasteiger partial charge in [-0.05, 0) is 57.5 Å². The lowest BCUT2D eigenvalue weighted by Gasteiger charge is -2.34. The molecule has 0 bridgehead atoms. The molecule has 2 aliphatic heterocycles. The van der Waals surface area contributed by atoms with Crippen molar-refractivity contribution in [3.8, 4) is 0 Å². The van der Waals surface area contributed by atoms with Gasteiger partial charge in [-0.3, -0.25) is 19.8 Å². The number of hydrogen-bond donors (Lipinski definition) is 2. The van der Waals surface area contributed by atoms with Gasteiger partial charge >= 0.3 is 18.0 Å². The Morgan fingerprint density at radius 2 is 1.76 bits per heavy atom. The molecule has 0 unspecified atom stereocenters. The van der Waals surface area contributed by atoms with Crippen molar-refractivity contribution in [3.63, 3.8) is 0 Å². The zero-order valence-electron chi connectivity index (χ0n) is 18.7. The van der Waals surface area contributed by atoms with Gasteiger partial charge in [-0.2, -0.15) is 0 Å². The SMILES string of the molecule is CCOC(=O)C1=C(CN2CCC(C(=O)OCC)CC2)NC(=O)N[C@@H]1c1ccc([N+](=O)[O-])cc1. The number of likely N-dealkylation sites (tertiary alicyclic amines) is 1. The first kappa shape index (κ1) is 24.2. The van der Waals surface area contributed by atoms with Crippen LogP contribution in [-0.2, 0) is 19.1 Å². The summed E-state index contributed by atoms with van der Waals surface area (Å²) >= 11 is 0. The molecule has 1 fully saturated rings. The highest BCUT2D eigenvalue weighted by Gasteiger charge is 2.35. The highest BCUT2D eigenvalue weighted by atomic mass is 16.6. The number of piperidine rings is 1. The van der Waals surface area contributed by atoms with Gasteiger partial charge in [-0.1, -0.05) is 0 Å². The van der Waals surface area contributed by atoms with Gasteiger partial charge in [-0.25, -0.2) is 9.59 Å². The fraction of sp³-hybridized carbons (Fsp3) is 0.500. The molecular formula is C22H28N4O7. The molecular weight excluding hydrogens is 432 g/mol. The van der Waals surface area contributed by atoms with Crippen LogP contribution in [0.3, 0.4) is 0 Å². The molecule has 0 saturated carbocycles. The first-order valence-electron chi connectivity index (χ1n) is 10.9. The number of hydrogen-bond acceptors (Lipinski definition) is 8. The zero-order chi connectivity index (χ0) is 24.0. The van der Waals surface area contributed by atoms with Crippen LogP contribution in [0.25, 0.3) is 0 Å². The summed E-state index contributed by atoms with van der Waals surface area (Å²) in [5, 5.41) is 16.4. The number of urea groups is 1. The highest BCUT2D eigenvalue weighted by Crippen LogP contribution is 2.30. The minimum absolute atomic E-state index is 0.0923. The topological polar surface area (TPSA) is 140 Å². The van der Waals surface area contributed by atoms with Crippen LogP contribution >= 0.6 is 0 Å². The summed E-state index contributed by atoms with van der Waals surface area (Å²) in [6.45, 7) is 5.47. The van der Waals surface area contributed by atoms with E-state index >= 15 is 0 Å². The largest absolute Gasteiger partial charge is 0.466 e. The number of carbonyl (C=O) groups is 3. The number of nitro benzene ring substituents is 1. The second kappa shape index (κ2) is 10.9. The monoisotopic (exact) mass is 460 g/mol. The average molecular weight is 460 g/mol. The Balaban J connectivity index is 1.85. The Morgan fingerprint density at radius 3 is 2.33 bits per heavy atom. The molecule has 0 spiro atoms. The number of nitrogens with zero attached hydrogens (tertiary/aromatic N) is 2. The number of nitrogens with one attached hydrogen (secondary N) is 2. The number of nitro groups is 1. The second-order valence-electron chi connectivity index (χ2n) is 7.80. The van der Waals surface area contributed by atoms with Crippen LogP contribution in [0.5, 0.6) is 0 Å². The van der Waals surface area contributed by atoms with Crippen molar-refractivity contribution in [2.45, 2.75) is 32.7 Å². The predicted octanol–water partition coefficient (Wildman–Crippen LogP) is 2.04. The summed E-state index contributed by atoms with van der Waals surface area (Å²) < 4.78 is 10.4. The van der Waals surface area contributed by atoms with Gasteiger partial charge in [0.05, 0.1) is 35.7 Å². The Labute approximate surface area is 191 Å². The smallest absolute Gasteiger partial charge is 0.338 e. The predicted molar refractivity (Wildman–Crippen MR) is 117 cm³/mol. The average Bonchev–Trinajstić information content (AvgIpc) is 2.79. The normalized spacial score (nSPS) is 19.5. The summed E-state index contributed by atoms with van der Waals surface area (Å²) in [5.41, 5.74) is 1.09. The summed E-state index contributed by atoms with van der Waals surface area (Å²) in [7, 11) is 0. The first-order valence-corrected chi connectivity index (χ1v) is 10.9. The number of ether oxygens (including phenoxy) is 2. The molecule has 1 saturated heterocycles. The maximum atomic E-state index is 12.9. The van der Waals surface area contributed by atoms with E-state index in [0.29, 0.717) is 50.3 Å². The number of rotatable bonds is 8. The summed E-state index contributed by atoms with van der Waals surface area (Å²) in [5.74, 6) is -0.933. The third-order valence-corrected chi connectivity index (χ3v) is 5.68. The van der Waals surface area contributed by atoms with E-state index in [1.165, 1.54) is 24.3 Å². The molecule has 2 N–H and O–H groups in total. The van der Waals surface area contributed by atoms with E-state index in [1.807, 2.05) is 0 Å². The Bertz CT molecular complexity index is 937. The molecule has 11 nitrogen and oxygen atoms in total. The van der Waals surface area contributed by atoms with Gasteiger partial charge in [0.1, 0.15) is 0 Å². The fourth-order valence-electron chi connectivity index (χ4n) is 4.04. The highest BCUT2D eigenvalue weighted by molar-refractivity contribution is 5.95. The number of amides is 2. The number of benzene rings is 1. The molecule has 1 aromatic rings. The first-order chi connectivity index (χ1) is 15.8. The third kappa shape index (κ3) is 5.86. The van der Waals surface area contributed by atoms with Crippen molar-refractivity contribution in [3.05, 3.63) is 51.2 Å². The standard InChI is InChI=1S/C22H28N4O7/c1-3-32-20(27)15-9-11-25(12-10-15)13-17-18(21(28)33-4-2)19(24-22(29)23-17)14-5-7-16(8-6-14)26(30)31/h5-8,15,19H,3-4,9-13H2,1-2H3,(H2,23,24,29)/t19-/m1/s1. The minimum atomic E-state index is -0.814. The summed E-state index contributed by atoms with van der Waals surface area (Å²) in [6.07, 6.45) is 1.25. The van der Waals surface area contributed by atoms with Crippen molar-refractivity contribution in [1.29, 1.82) is 0 Å². The van der Waals surface area contributed by atoms with Crippen LogP contribution < -0.4 is 10.6 Å². The molecule has 11 heteroatoms. The van der Waals surface area contributed by atoms with Crippen LogP contribution in [0.4, 0.5) is 10.5 Å². The van der Waals surface area contributed by atoms with Gasteiger partial charge in [0.2, 0.25) is 0 Å². The zero-order valence-corrected chi connectivity index (χ0v) is 18.7. The van der Waals surface area contributed by atoms with E-state index in [4.69, 9.17) is 9.47 Å². The number of non-ortho nitro benzene ring substituents is 1. The molecule has 178 valence electrons. The second-order valence-corrected chi connectivity index (χ2v) is 7.80. The molecule has 2 amide bonds. The molecule has 2 aliphatic rings. The van der Waals surface area contributed by atoms with Gasteiger partial charge in [0, 0.05) is 24.4 Å². The van der Waals surface area contributed by atoms with Crippen LogP contribution in [0, 0.1) is 16.0 Å². The molecule has 0 aliphatic carbocycles. The van der Waals surface area contributed by atoms with Crippen molar-refractivity contribution in [2.75, 3.05) is 32.8 Å². The molecule has 1 atom stereocenters. The van der Waals surface area contributed by atoms with Crippen LogP contribution in [0.1, 0.15) is 38.3 Å². The van der Waals surface area contributed by atoms with Gasteiger partial charge in [0.25, 0.3) is 5.69 Å². The van der Waals surface area contributed by atoms with E-state index in [1.54, 1.807) is 13.8 Å². The van der Waals surface area contributed by atoms with E-state index in [9.17, 15) is 24.5 Å². The maximum absolute atomic E-state index is 12.9. The van der Waals surface area contributed by atoms with Gasteiger partial charge in [-0.15, -0.1) is 0 Å². The molecule has 0 aromatic heterocycles. The van der Waals surface area contributed by atoms with Crippen LogP contribution in [-0.4, -0.2) is 60.6 Å². The Kier molecular flexibility index (Phi) is 7.99. The minimum Gasteiger partial charge on any atom is -0.466 e. The lowest BCUT2D eigenvalue weighted by molar-refractivity contribution is -0.384. The van der Waals surface area contributed by atoms with Gasteiger partial charge in [0.15, 0.2) is 0 Å². The van der Waals surface area contributed by atoms with E-state index in [2.05, 4.69) is 15.5 Å². The third-order valence-electron chi connectivity index (χ3n) is 5.68. The quantitative estimate of drug-likeness (QED) is 0.341. The summed E-state index contributed by atoms with van der Waals surface area (Å²) in [4.78, 5) is 49.8. The molecule has 2 heterocycles. The van der Waals surface area contributed by atoms with Crippen molar-refractivity contribution in [2.24, 2.45) is 5.92 Å². The molecule has 1 aromatic carbocycles. The lowest BCUT2D eigenvalue weighted by Crippen LogP contribution is -2.49. The molecule has 3 rings (SSSR count). The lowest BCUT2D eigenvalue weighted by atomic mass is 9.93. The summed E-state index contributed by atoms with van der Waals surface area (Å²) in [6, 6.07) is 4.37. The Morgan fingerprint density at radius 1 is 1.12 bits per heavy atom. The van der Waals surface area contributed by atoms with E-state index in [-0.39, 0.29) is 29.8 Å². The Hall–Kier alpha value is -3.47. The molecule has 0 radical (unpaired) electrons. The van der Waals surface area contributed by atoms with Crippen molar-refractivity contribution in [1.82, 2.24) is 15.5 Å².